The van der Waals surface area contributed by atoms with Crippen LogP contribution >= 0.6 is 22.3 Å². The molecule has 0 aliphatic heterocycles. The Labute approximate surface area is 98.8 Å². The predicted molar refractivity (Wildman–Crippen MR) is 52.0 cm³/mol. The van der Waals surface area contributed by atoms with Gasteiger partial charge in [0.2, 0.25) is 0 Å². The van der Waals surface area contributed by atoms with Gasteiger partial charge in [-0.3, -0.25) is 0 Å². The zero-order valence-corrected chi connectivity index (χ0v) is 9.61. The van der Waals surface area contributed by atoms with Gasteiger partial charge >= 0.3 is 0 Å². The molecule has 1 aromatic rings. The van der Waals surface area contributed by atoms with Crippen LogP contribution in [0.25, 0.3) is 0 Å². The van der Waals surface area contributed by atoms with E-state index in [4.69, 9.17) is 27.5 Å². The second kappa shape index (κ2) is 4.49. The Morgan fingerprint density at radius 2 is 2.06 bits per heavy atom. The average Bonchev–Trinajstić information content (AvgIpc) is 2.15. The fraction of sp³-hybridized carbons (Fsp3) is 0.143. The molecule has 0 atom stereocenters. The molecule has 0 bridgehead atoms. The number of nitrogens with zero attached hydrogens (tertiary/aromatic N) is 2. The van der Waals surface area contributed by atoms with Crippen molar-refractivity contribution in [1.29, 1.82) is 5.26 Å². The van der Waals surface area contributed by atoms with Crippen molar-refractivity contribution in [3.63, 3.8) is 0 Å². The van der Waals surface area contributed by atoms with Crippen LogP contribution in [-0.4, -0.2) is 13.4 Å². The van der Waals surface area contributed by atoms with E-state index in [1.54, 1.807) is 0 Å². The number of aromatic nitrogens is 1. The zero-order chi connectivity index (χ0) is 12.5. The highest BCUT2D eigenvalue weighted by atomic mass is 35.7. The van der Waals surface area contributed by atoms with Crippen molar-refractivity contribution in [2.24, 2.45) is 0 Å². The fourth-order valence-electron chi connectivity index (χ4n) is 0.904. The van der Waals surface area contributed by atoms with Crippen molar-refractivity contribution in [2.75, 3.05) is 0 Å². The van der Waals surface area contributed by atoms with Crippen LogP contribution in [0, 0.1) is 11.3 Å². The van der Waals surface area contributed by atoms with Crippen molar-refractivity contribution >= 4 is 31.3 Å². The lowest BCUT2D eigenvalue weighted by Gasteiger charge is -2.06. The molecule has 0 saturated carbocycles. The van der Waals surface area contributed by atoms with Crippen molar-refractivity contribution in [3.8, 4) is 6.07 Å². The van der Waals surface area contributed by atoms with Gasteiger partial charge in [-0.1, -0.05) is 11.6 Å². The van der Waals surface area contributed by atoms with E-state index >= 15 is 0 Å². The smallest absolute Gasteiger partial charge is 0.234 e. The van der Waals surface area contributed by atoms with E-state index < -0.39 is 36.8 Å². The van der Waals surface area contributed by atoms with Crippen LogP contribution in [0.5, 0.6) is 0 Å². The van der Waals surface area contributed by atoms with Gasteiger partial charge in [-0.05, 0) is 6.07 Å². The molecule has 1 heterocycles. The van der Waals surface area contributed by atoms with Crippen LogP contribution in [0.15, 0.2) is 11.0 Å². The highest BCUT2D eigenvalue weighted by Gasteiger charge is 2.24. The molecule has 0 saturated heterocycles. The van der Waals surface area contributed by atoms with Gasteiger partial charge in [-0.2, -0.15) is 5.26 Å². The lowest BCUT2D eigenvalue weighted by Crippen LogP contribution is -2.02. The third-order valence-corrected chi connectivity index (χ3v) is 3.39. The number of hydrogen-bond acceptors (Lipinski definition) is 4. The highest BCUT2D eigenvalue weighted by molar-refractivity contribution is 8.13. The first kappa shape index (κ1) is 13.1. The molecule has 1 rings (SSSR count). The van der Waals surface area contributed by atoms with Gasteiger partial charge in [0.1, 0.15) is 22.4 Å². The molecule has 16 heavy (non-hydrogen) atoms. The summed E-state index contributed by atoms with van der Waals surface area (Å²) in [6, 6.07) is 2.17. The molecular formula is C7H2Cl2F2N2O2S. The molecule has 0 radical (unpaired) electrons. The molecule has 0 aromatic carbocycles. The van der Waals surface area contributed by atoms with Gasteiger partial charge in [0.05, 0.1) is 5.02 Å². The van der Waals surface area contributed by atoms with Gasteiger partial charge in [-0.15, -0.1) is 0 Å². The Bertz CT molecular complexity index is 568. The predicted octanol–water partition coefficient (Wildman–Crippen LogP) is 2.47. The molecule has 0 N–H and O–H groups in total. The number of nitriles is 1. The van der Waals surface area contributed by atoms with Gasteiger partial charge in [0, 0.05) is 10.7 Å². The van der Waals surface area contributed by atoms with Crippen LogP contribution in [0.2, 0.25) is 5.02 Å². The lowest BCUT2D eigenvalue weighted by atomic mass is 10.3. The van der Waals surface area contributed by atoms with Crippen LogP contribution in [0.1, 0.15) is 17.8 Å². The van der Waals surface area contributed by atoms with Crippen molar-refractivity contribution in [1.82, 2.24) is 4.98 Å². The summed E-state index contributed by atoms with van der Waals surface area (Å²) in [5.41, 5.74) is -1.49. The Balaban J connectivity index is 3.65. The van der Waals surface area contributed by atoms with Crippen LogP contribution in [0.4, 0.5) is 8.78 Å². The van der Waals surface area contributed by atoms with Crippen LogP contribution in [0.3, 0.4) is 0 Å². The second-order valence-electron chi connectivity index (χ2n) is 2.56. The Hall–Kier alpha value is -0.970. The number of rotatable bonds is 2. The molecule has 0 unspecified atom stereocenters. The summed E-state index contributed by atoms with van der Waals surface area (Å²) in [5.74, 6) is 0. The molecule has 0 amide bonds. The third-order valence-electron chi connectivity index (χ3n) is 1.53. The number of halogens is 4. The molecular weight excluding hydrogens is 285 g/mol. The minimum absolute atomic E-state index is 0.501. The molecule has 0 aliphatic carbocycles. The molecule has 0 fully saturated rings. The van der Waals surface area contributed by atoms with Crippen LogP contribution in [-0.2, 0) is 9.05 Å². The van der Waals surface area contributed by atoms with E-state index in [0.717, 1.165) is 6.07 Å². The van der Waals surface area contributed by atoms with Gasteiger partial charge in [0.25, 0.3) is 15.5 Å². The number of hydrogen-bond donors (Lipinski definition) is 0. The summed E-state index contributed by atoms with van der Waals surface area (Å²) in [5, 5.41) is 7.71. The van der Waals surface area contributed by atoms with Crippen LogP contribution < -0.4 is 0 Å². The Morgan fingerprint density at radius 1 is 1.50 bits per heavy atom. The fourth-order valence-corrected chi connectivity index (χ4v) is 2.44. The van der Waals surface area contributed by atoms with E-state index in [1.807, 2.05) is 0 Å². The summed E-state index contributed by atoms with van der Waals surface area (Å²) in [4.78, 5) is 2.45. The summed E-state index contributed by atoms with van der Waals surface area (Å²) in [6.45, 7) is 0. The van der Waals surface area contributed by atoms with E-state index in [1.165, 1.54) is 6.07 Å². The first-order valence-electron chi connectivity index (χ1n) is 3.60. The lowest BCUT2D eigenvalue weighted by molar-refractivity contribution is 0.146. The first-order chi connectivity index (χ1) is 7.27. The minimum Gasteiger partial charge on any atom is -0.234 e. The summed E-state index contributed by atoms with van der Waals surface area (Å²) in [7, 11) is 0.669. The maximum Gasteiger partial charge on any atom is 0.281 e. The quantitative estimate of drug-likeness (QED) is 0.783. The van der Waals surface area contributed by atoms with Crippen molar-refractivity contribution < 1.29 is 17.2 Å². The molecule has 1 aromatic heterocycles. The normalized spacial score (nSPS) is 11.5. The second-order valence-corrected chi connectivity index (χ2v) is 5.47. The molecule has 0 aliphatic rings. The zero-order valence-electron chi connectivity index (χ0n) is 7.29. The first-order valence-corrected chi connectivity index (χ1v) is 6.29. The van der Waals surface area contributed by atoms with E-state index in [9.17, 15) is 17.2 Å². The van der Waals surface area contributed by atoms with Gasteiger partial charge in [-0.25, -0.2) is 22.2 Å². The Kier molecular flexibility index (Phi) is 3.68. The monoisotopic (exact) mass is 286 g/mol. The Morgan fingerprint density at radius 3 is 2.44 bits per heavy atom. The SMILES string of the molecule is N#Cc1cc(S(=O)(=O)Cl)c(Cl)c(C(F)F)n1. The summed E-state index contributed by atoms with van der Waals surface area (Å²) >= 11 is 5.40. The molecule has 9 heteroatoms. The standard InChI is InChI=1S/C7H2Cl2F2N2O2S/c8-5-4(16(9,14)15)1-3(2-12)13-6(5)7(10)11/h1,7H. The minimum atomic E-state index is -4.31. The summed E-state index contributed by atoms with van der Waals surface area (Å²) in [6.07, 6.45) is -3.10. The molecule has 0 spiro atoms. The highest BCUT2D eigenvalue weighted by Crippen LogP contribution is 2.32. The third kappa shape index (κ3) is 2.58. The summed E-state index contributed by atoms with van der Waals surface area (Å²) < 4.78 is 46.8. The maximum absolute atomic E-state index is 12.4. The van der Waals surface area contributed by atoms with E-state index in [-0.39, 0.29) is 0 Å². The number of alkyl halides is 2. The van der Waals surface area contributed by atoms with Crippen molar-refractivity contribution in [2.45, 2.75) is 11.3 Å². The average molecular weight is 287 g/mol. The topological polar surface area (TPSA) is 70.8 Å². The van der Waals surface area contributed by atoms with Crippen molar-refractivity contribution in [3.05, 3.63) is 22.5 Å². The van der Waals surface area contributed by atoms with E-state index in [2.05, 4.69) is 4.98 Å². The van der Waals surface area contributed by atoms with Gasteiger partial charge in [0.15, 0.2) is 0 Å². The van der Waals surface area contributed by atoms with E-state index in [0.29, 0.717) is 0 Å². The van der Waals surface area contributed by atoms with Gasteiger partial charge < -0.3 is 0 Å². The molecule has 86 valence electrons. The molecule has 4 nitrogen and oxygen atoms in total. The number of pyridine rings is 1. The maximum atomic E-state index is 12.4. The largest absolute Gasteiger partial charge is 0.281 e.